The zero-order valence-corrected chi connectivity index (χ0v) is 7.39. The minimum atomic E-state index is -0.840. The fraction of sp³-hybridized carbons (Fsp3) is 0.714. The van der Waals surface area contributed by atoms with Crippen molar-refractivity contribution in [3.63, 3.8) is 0 Å². The van der Waals surface area contributed by atoms with E-state index in [0.29, 0.717) is 6.42 Å². The third kappa shape index (κ3) is 2.50. The second-order valence-corrected chi connectivity index (χ2v) is 2.94. The molecule has 0 saturated carbocycles. The molecule has 1 atom stereocenters. The van der Waals surface area contributed by atoms with E-state index in [2.05, 4.69) is 0 Å². The molecule has 0 aromatic heterocycles. The maximum Gasteiger partial charge on any atom is 0.318 e. The van der Waals surface area contributed by atoms with Gasteiger partial charge < -0.3 is 11.5 Å². The van der Waals surface area contributed by atoms with Gasteiger partial charge in [-0.3, -0.25) is 10.1 Å². The summed E-state index contributed by atoms with van der Waals surface area (Å²) in [4.78, 5) is 21.6. The molecule has 0 aliphatic rings. The van der Waals surface area contributed by atoms with Gasteiger partial charge in [0.05, 0.1) is 5.41 Å². The molecule has 70 valence electrons. The van der Waals surface area contributed by atoms with Gasteiger partial charge in [-0.1, -0.05) is 6.92 Å². The summed E-state index contributed by atoms with van der Waals surface area (Å²) in [6.45, 7) is 3.71. The number of hydrogen-bond acceptors (Lipinski definition) is 3. The normalized spacial score (nSPS) is 14.9. The van der Waals surface area contributed by atoms with Crippen LogP contribution in [0.2, 0.25) is 0 Å². The lowest BCUT2D eigenvalue weighted by Crippen LogP contribution is -2.47. The van der Waals surface area contributed by atoms with Gasteiger partial charge in [0, 0.05) is 6.54 Å². The van der Waals surface area contributed by atoms with Gasteiger partial charge in [0.25, 0.3) is 0 Å². The van der Waals surface area contributed by atoms with Crippen LogP contribution in [0.5, 0.6) is 0 Å². The predicted molar refractivity (Wildman–Crippen MR) is 45.2 cm³/mol. The number of carbonyl (C=O) groups excluding carboxylic acids is 2. The number of amides is 3. The third-order valence-corrected chi connectivity index (χ3v) is 2.02. The van der Waals surface area contributed by atoms with Crippen LogP contribution in [0.4, 0.5) is 4.79 Å². The molecular formula is C7H15N3O2. The Morgan fingerprint density at radius 2 is 2.00 bits per heavy atom. The fourth-order valence-electron chi connectivity index (χ4n) is 0.660. The number of hydrogen-bond donors (Lipinski definition) is 3. The van der Waals surface area contributed by atoms with Gasteiger partial charge in [-0.05, 0) is 13.3 Å². The molecule has 0 radical (unpaired) electrons. The highest BCUT2D eigenvalue weighted by atomic mass is 16.2. The van der Waals surface area contributed by atoms with Crippen molar-refractivity contribution in [2.24, 2.45) is 16.9 Å². The van der Waals surface area contributed by atoms with Crippen LogP contribution in [0.15, 0.2) is 0 Å². The van der Waals surface area contributed by atoms with E-state index >= 15 is 0 Å². The van der Waals surface area contributed by atoms with E-state index in [1.807, 2.05) is 12.2 Å². The van der Waals surface area contributed by atoms with E-state index in [4.69, 9.17) is 11.5 Å². The monoisotopic (exact) mass is 173 g/mol. The molecule has 0 bridgehead atoms. The average Bonchev–Trinajstić information content (AvgIpc) is 2.02. The number of carbonyl (C=O) groups is 2. The second kappa shape index (κ2) is 4.06. The highest BCUT2D eigenvalue weighted by Gasteiger charge is 2.30. The van der Waals surface area contributed by atoms with Gasteiger partial charge in [0.1, 0.15) is 0 Å². The van der Waals surface area contributed by atoms with Gasteiger partial charge in [-0.15, -0.1) is 0 Å². The zero-order valence-electron chi connectivity index (χ0n) is 7.39. The Balaban J connectivity index is 4.32. The van der Waals surface area contributed by atoms with Crippen molar-refractivity contribution >= 4 is 11.9 Å². The molecular weight excluding hydrogens is 158 g/mol. The lowest BCUT2D eigenvalue weighted by molar-refractivity contribution is -0.128. The van der Waals surface area contributed by atoms with Crippen LogP contribution >= 0.6 is 0 Å². The van der Waals surface area contributed by atoms with Crippen molar-refractivity contribution < 1.29 is 9.59 Å². The van der Waals surface area contributed by atoms with E-state index in [0.717, 1.165) is 0 Å². The van der Waals surface area contributed by atoms with Crippen LogP contribution in [0.25, 0.3) is 0 Å². The first-order valence-electron chi connectivity index (χ1n) is 3.77. The largest absolute Gasteiger partial charge is 0.351 e. The molecule has 0 aliphatic heterocycles. The summed E-state index contributed by atoms with van der Waals surface area (Å²) in [5.74, 6) is -0.417. The van der Waals surface area contributed by atoms with Crippen LogP contribution in [-0.4, -0.2) is 18.5 Å². The molecule has 0 heterocycles. The smallest absolute Gasteiger partial charge is 0.318 e. The summed E-state index contributed by atoms with van der Waals surface area (Å²) in [7, 11) is 0. The Morgan fingerprint density at radius 3 is 2.25 bits per heavy atom. The number of primary amides is 1. The van der Waals surface area contributed by atoms with Crippen molar-refractivity contribution in [1.82, 2.24) is 5.32 Å². The van der Waals surface area contributed by atoms with Gasteiger partial charge >= 0.3 is 6.03 Å². The Morgan fingerprint density at radius 1 is 1.50 bits per heavy atom. The Hall–Kier alpha value is -1.10. The van der Waals surface area contributed by atoms with Crippen LogP contribution in [0.1, 0.15) is 20.3 Å². The molecule has 0 aromatic rings. The van der Waals surface area contributed by atoms with Gasteiger partial charge in [0.2, 0.25) is 5.91 Å². The molecule has 0 fully saturated rings. The molecule has 0 spiro atoms. The van der Waals surface area contributed by atoms with Crippen LogP contribution < -0.4 is 16.8 Å². The SMILES string of the molecule is CCC(C)(CN)C(=O)NC(N)=O. The minimum absolute atomic E-state index is 0.197. The lowest BCUT2D eigenvalue weighted by atomic mass is 9.87. The van der Waals surface area contributed by atoms with Crippen LogP contribution in [0.3, 0.4) is 0 Å². The zero-order chi connectivity index (χ0) is 9.78. The van der Waals surface area contributed by atoms with Crippen LogP contribution in [-0.2, 0) is 4.79 Å². The molecule has 1 unspecified atom stereocenters. The minimum Gasteiger partial charge on any atom is -0.351 e. The summed E-state index contributed by atoms with van der Waals surface area (Å²) in [6.07, 6.45) is 0.572. The van der Waals surface area contributed by atoms with Crippen molar-refractivity contribution in [2.45, 2.75) is 20.3 Å². The molecule has 12 heavy (non-hydrogen) atoms. The van der Waals surface area contributed by atoms with Crippen molar-refractivity contribution in [3.8, 4) is 0 Å². The van der Waals surface area contributed by atoms with Crippen molar-refractivity contribution in [1.29, 1.82) is 0 Å². The summed E-state index contributed by atoms with van der Waals surface area (Å²) >= 11 is 0. The van der Waals surface area contributed by atoms with E-state index in [9.17, 15) is 9.59 Å². The molecule has 0 saturated heterocycles. The Kier molecular flexibility index (Phi) is 3.69. The number of rotatable bonds is 3. The first kappa shape index (κ1) is 10.9. The standard InChI is InChI=1S/C7H15N3O2/c1-3-7(2,4-8)5(11)10-6(9)12/h3-4,8H2,1-2H3,(H3,9,10,11,12). The molecule has 3 amide bonds. The molecule has 0 aliphatic carbocycles. The molecule has 0 rings (SSSR count). The maximum atomic E-state index is 11.2. The highest BCUT2D eigenvalue weighted by Crippen LogP contribution is 2.18. The molecule has 5 nitrogen and oxygen atoms in total. The quantitative estimate of drug-likeness (QED) is 0.539. The van der Waals surface area contributed by atoms with Gasteiger partial charge in [-0.2, -0.15) is 0 Å². The third-order valence-electron chi connectivity index (χ3n) is 2.02. The van der Waals surface area contributed by atoms with E-state index in [-0.39, 0.29) is 6.54 Å². The predicted octanol–water partition coefficient (Wildman–Crippen LogP) is -0.444. The maximum absolute atomic E-state index is 11.2. The van der Waals surface area contributed by atoms with Gasteiger partial charge in [-0.25, -0.2) is 4.79 Å². The van der Waals surface area contributed by atoms with Crippen molar-refractivity contribution in [2.75, 3.05) is 6.54 Å². The molecule has 0 aromatic carbocycles. The fourth-order valence-corrected chi connectivity index (χ4v) is 0.660. The van der Waals surface area contributed by atoms with Crippen molar-refractivity contribution in [3.05, 3.63) is 0 Å². The number of nitrogens with two attached hydrogens (primary N) is 2. The average molecular weight is 173 g/mol. The van der Waals surface area contributed by atoms with E-state index in [1.54, 1.807) is 6.92 Å². The highest BCUT2D eigenvalue weighted by molar-refractivity contribution is 5.96. The van der Waals surface area contributed by atoms with Crippen LogP contribution in [0, 0.1) is 5.41 Å². The molecule has 5 N–H and O–H groups in total. The van der Waals surface area contributed by atoms with E-state index in [1.165, 1.54) is 0 Å². The summed E-state index contributed by atoms with van der Waals surface area (Å²) in [6, 6.07) is -0.840. The number of imide groups is 1. The second-order valence-electron chi connectivity index (χ2n) is 2.94. The first-order valence-corrected chi connectivity index (χ1v) is 3.77. The topological polar surface area (TPSA) is 98.2 Å². The van der Waals surface area contributed by atoms with E-state index < -0.39 is 17.4 Å². The molecule has 5 heteroatoms. The van der Waals surface area contributed by atoms with Gasteiger partial charge in [0.15, 0.2) is 0 Å². The summed E-state index contributed by atoms with van der Waals surface area (Å²) < 4.78 is 0. The Bertz CT molecular complexity index is 187. The first-order chi connectivity index (χ1) is 5.46. The summed E-state index contributed by atoms with van der Waals surface area (Å²) in [5, 5.41) is 2.01. The Labute approximate surface area is 71.5 Å². The lowest BCUT2D eigenvalue weighted by Gasteiger charge is -2.23. The number of urea groups is 1. The number of nitrogens with one attached hydrogen (secondary N) is 1. The summed E-state index contributed by atoms with van der Waals surface area (Å²) in [5.41, 5.74) is 9.47.